The Morgan fingerprint density at radius 1 is 1.00 bits per heavy atom. The van der Waals surface area contributed by atoms with Gasteiger partial charge in [-0.05, 0) is 24.3 Å². The second-order valence-corrected chi connectivity index (χ2v) is 3.90. The van der Waals surface area contributed by atoms with Crippen LogP contribution < -0.4 is 9.47 Å². The van der Waals surface area contributed by atoms with E-state index in [4.69, 9.17) is 9.47 Å². The van der Waals surface area contributed by atoms with Gasteiger partial charge >= 0.3 is 5.97 Å². The highest BCUT2D eigenvalue weighted by atomic mass is 16.6. The zero-order valence-corrected chi connectivity index (χ0v) is 10.5. The fraction of sp³-hybridized carbons (Fsp3) is 0.0714. The maximum Gasteiger partial charge on any atom is 0.343 e. The number of ether oxygens (including phenoxy) is 2. The van der Waals surface area contributed by atoms with Crippen LogP contribution in [0, 0.1) is 0 Å². The van der Waals surface area contributed by atoms with E-state index in [1.807, 2.05) is 0 Å². The monoisotopic (exact) mass is 276 g/mol. The summed E-state index contributed by atoms with van der Waals surface area (Å²) in [4.78, 5) is 11.9. The van der Waals surface area contributed by atoms with E-state index in [-0.39, 0.29) is 11.3 Å². The van der Waals surface area contributed by atoms with Crippen LogP contribution in [0.1, 0.15) is 10.4 Å². The number of hydrogen-bond donors (Lipinski definition) is 3. The van der Waals surface area contributed by atoms with Crippen molar-refractivity contribution in [1.82, 2.24) is 0 Å². The van der Waals surface area contributed by atoms with Crippen LogP contribution in [-0.4, -0.2) is 28.4 Å². The molecule has 0 aliphatic carbocycles. The number of rotatable bonds is 3. The van der Waals surface area contributed by atoms with Gasteiger partial charge in [0.25, 0.3) is 0 Å². The van der Waals surface area contributed by atoms with Crippen molar-refractivity contribution in [3.05, 3.63) is 42.0 Å². The van der Waals surface area contributed by atoms with Gasteiger partial charge in [0.2, 0.25) is 0 Å². The molecule has 2 aromatic carbocycles. The summed E-state index contributed by atoms with van der Waals surface area (Å²) in [5, 5.41) is 27.9. The van der Waals surface area contributed by atoms with Crippen molar-refractivity contribution in [2.24, 2.45) is 0 Å². The van der Waals surface area contributed by atoms with Crippen molar-refractivity contribution >= 4 is 5.97 Å². The van der Waals surface area contributed by atoms with Crippen molar-refractivity contribution in [1.29, 1.82) is 0 Å². The lowest BCUT2D eigenvalue weighted by atomic mass is 10.2. The van der Waals surface area contributed by atoms with Crippen LogP contribution in [0.5, 0.6) is 28.7 Å². The molecule has 0 saturated carbocycles. The standard InChI is InChI=1S/C14H12O6/c1-19-11-4-2-3-5-12(11)20-14(18)8-6-9(15)13(17)10(16)7-8/h2-7,15-17H,1H3. The maximum atomic E-state index is 11.9. The average Bonchev–Trinajstić information content (AvgIpc) is 2.44. The number of phenols is 3. The molecule has 0 aromatic heterocycles. The number of para-hydroxylation sites is 2. The molecule has 3 N–H and O–H groups in total. The third kappa shape index (κ3) is 2.59. The minimum Gasteiger partial charge on any atom is -0.504 e. The van der Waals surface area contributed by atoms with E-state index in [1.54, 1.807) is 18.2 Å². The smallest absolute Gasteiger partial charge is 0.343 e. The van der Waals surface area contributed by atoms with Crippen LogP contribution >= 0.6 is 0 Å². The summed E-state index contributed by atoms with van der Waals surface area (Å²) >= 11 is 0. The van der Waals surface area contributed by atoms with Crippen molar-refractivity contribution in [3.8, 4) is 28.7 Å². The molecule has 0 spiro atoms. The second kappa shape index (κ2) is 5.40. The molecule has 0 fully saturated rings. The Morgan fingerprint density at radius 2 is 1.55 bits per heavy atom. The minimum absolute atomic E-state index is 0.108. The molecule has 0 saturated heterocycles. The first-order valence-corrected chi connectivity index (χ1v) is 5.63. The van der Waals surface area contributed by atoms with Crippen molar-refractivity contribution in [2.75, 3.05) is 7.11 Å². The van der Waals surface area contributed by atoms with Gasteiger partial charge in [0.15, 0.2) is 28.7 Å². The molecule has 0 atom stereocenters. The van der Waals surface area contributed by atoms with Gasteiger partial charge in [-0.2, -0.15) is 0 Å². The number of aromatic hydroxyl groups is 3. The van der Waals surface area contributed by atoms with E-state index in [2.05, 4.69) is 0 Å². The fourth-order valence-electron chi connectivity index (χ4n) is 1.58. The highest BCUT2D eigenvalue weighted by Crippen LogP contribution is 2.36. The minimum atomic E-state index is -0.805. The molecular weight excluding hydrogens is 264 g/mol. The SMILES string of the molecule is COc1ccccc1OC(=O)c1cc(O)c(O)c(O)c1. The van der Waals surface area contributed by atoms with Crippen molar-refractivity contribution < 1.29 is 29.6 Å². The Bertz CT molecular complexity index is 627. The van der Waals surface area contributed by atoms with Gasteiger partial charge in [-0.25, -0.2) is 4.79 Å². The Labute approximate surface area is 114 Å². The summed E-state index contributed by atoms with van der Waals surface area (Å²) in [6.07, 6.45) is 0. The van der Waals surface area contributed by atoms with Gasteiger partial charge in [0.1, 0.15) is 0 Å². The number of phenolic OH excluding ortho intramolecular Hbond substituents is 3. The van der Waals surface area contributed by atoms with Crippen LogP contribution in [0.2, 0.25) is 0 Å². The molecule has 0 aliphatic heterocycles. The molecule has 2 rings (SSSR count). The highest BCUT2D eigenvalue weighted by Gasteiger charge is 2.16. The first-order valence-electron chi connectivity index (χ1n) is 5.63. The molecule has 0 bridgehead atoms. The Balaban J connectivity index is 2.29. The van der Waals surface area contributed by atoms with E-state index >= 15 is 0 Å². The molecule has 20 heavy (non-hydrogen) atoms. The van der Waals surface area contributed by atoms with Gasteiger partial charge in [0, 0.05) is 0 Å². The molecule has 2 aromatic rings. The summed E-state index contributed by atoms with van der Waals surface area (Å²) in [7, 11) is 1.44. The largest absolute Gasteiger partial charge is 0.504 e. The first-order chi connectivity index (χ1) is 9.52. The zero-order chi connectivity index (χ0) is 14.7. The van der Waals surface area contributed by atoms with Gasteiger partial charge in [-0.1, -0.05) is 12.1 Å². The van der Waals surface area contributed by atoms with E-state index in [0.717, 1.165) is 12.1 Å². The molecule has 6 heteroatoms. The summed E-state index contributed by atoms with van der Waals surface area (Å²) in [5.41, 5.74) is -0.108. The molecule has 0 unspecified atom stereocenters. The zero-order valence-electron chi connectivity index (χ0n) is 10.5. The predicted octanol–water partition coefficient (Wildman–Crippen LogP) is 2.03. The molecular formula is C14H12O6. The molecule has 104 valence electrons. The van der Waals surface area contributed by atoms with E-state index in [1.165, 1.54) is 13.2 Å². The number of benzene rings is 2. The summed E-state index contributed by atoms with van der Waals surface area (Å²) in [5.74, 6) is -2.16. The van der Waals surface area contributed by atoms with Crippen LogP contribution in [0.3, 0.4) is 0 Å². The summed E-state index contributed by atoms with van der Waals surface area (Å²) < 4.78 is 10.1. The Hall–Kier alpha value is -2.89. The lowest BCUT2D eigenvalue weighted by Gasteiger charge is -2.09. The lowest BCUT2D eigenvalue weighted by molar-refractivity contribution is 0.0728. The average molecular weight is 276 g/mol. The summed E-state index contributed by atoms with van der Waals surface area (Å²) in [6.45, 7) is 0. The third-order valence-electron chi connectivity index (χ3n) is 2.58. The topological polar surface area (TPSA) is 96.2 Å². The highest BCUT2D eigenvalue weighted by molar-refractivity contribution is 5.92. The van der Waals surface area contributed by atoms with Crippen molar-refractivity contribution in [2.45, 2.75) is 0 Å². The second-order valence-electron chi connectivity index (χ2n) is 3.90. The number of carbonyl (C=O) groups excluding carboxylic acids is 1. The van der Waals surface area contributed by atoms with E-state index < -0.39 is 23.2 Å². The van der Waals surface area contributed by atoms with Gasteiger partial charge in [-0.15, -0.1) is 0 Å². The molecule has 0 radical (unpaired) electrons. The number of esters is 1. The van der Waals surface area contributed by atoms with Crippen LogP contribution in [-0.2, 0) is 0 Å². The molecule has 6 nitrogen and oxygen atoms in total. The fourth-order valence-corrected chi connectivity index (χ4v) is 1.58. The van der Waals surface area contributed by atoms with Crippen LogP contribution in [0.15, 0.2) is 36.4 Å². The quantitative estimate of drug-likeness (QED) is 0.451. The Kier molecular flexibility index (Phi) is 3.65. The van der Waals surface area contributed by atoms with Gasteiger partial charge in [-0.3, -0.25) is 0 Å². The normalized spacial score (nSPS) is 10.1. The molecule has 0 aliphatic rings. The number of hydrogen-bond acceptors (Lipinski definition) is 6. The third-order valence-corrected chi connectivity index (χ3v) is 2.58. The van der Waals surface area contributed by atoms with E-state index in [0.29, 0.717) is 5.75 Å². The summed E-state index contributed by atoms with van der Waals surface area (Å²) in [6, 6.07) is 8.52. The lowest BCUT2D eigenvalue weighted by Crippen LogP contribution is -2.09. The molecule has 0 amide bonds. The van der Waals surface area contributed by atoms with Crippen LogP contribution in [0.4, 0.5) is 0 Å². The predicted molar refractivity (Wildman–Crippen MR) is 69.4 cm³/mol. The molecule has 0 heterocycles. The van der Waals surface area contributed by atoms with Gasteiger partial charge in [0.05, 0.1) is 12.7 Å². The van der Waals surface area contributed by atoms with Gasteiger partial charge < -0.3 is 24.8 Å². The Morgan fingerprint density at radius 3 is 2.10 bits per heavy atom. The van der Waals surface area contributed by atoms with E-state index in [9.17, 15) is 20.1 Å². The van der Waals surface area contributed by atoms with Crippen LogP contribution in [0.25, 0.3) is 0 Å². The maximum absolute atomic E-state index is 11.9. The number of methoxy groups -OCH3 is 1. The first kappa shape index (κ1) is 13.5. The number of carbonyl (C=O) groups is 1. The van der Waals surface area contributed by atoms with Crippen molar-refractivity contribution in [3.63, 3.8) is 0 Å².